The minimum atomic E-state index is -0.0182. The summed E-state index contributed by atoms with van der Waals surface area (Å²) < 4.78 is 16.9. The van der Waals surface area contributed by atoms with Crippen molar-refractivity contribution in [2.24, 2.45) is 5.92 Å². The van der Waals surface area contributed by atoms with E-state index in [9.17, 15) is 4.79 Å². The number of carbonyl (C=O) groups is 1. The van der Waals surface area contributed by atoms with E-state index in [0.717, 1.165) is 47.8 Å². The molecule has 1 N–H and O–H groups in total. The van der Waals surface area contributed by atoms with E-state index in [2.05, 4.69) is 36.3 Å². The van der Waals surface area contributed by atoms with E-state index in [0.29, 0.717) is 19.1 Å². The molecule has 0 fully saturated rings. The number of amides is 1. The zero-order chi connectivity index (χ0) is 22.0. The van der Waals surface area contributed by atoms with Crippen LogP contribution in [0.4, 0.5) is 0 Å². The Bertz CT molecular complexity index is 984. The van der Waals surface area contributed by atoms with Gasteiger partial charge >= 0.3 is 0 Å². The number of nitrogens with one attached hydrogen (secondary N) is 1. The van der Waals surface area contributed by atoms with Gasteiger partial charge in [0.05, 0.1) is 32.6 Å². The molecule has 2 heterocycles. The molecule has 1 unspecified atom stereocenters. The number of nitrogens with zero attached hydrogens (tertiary/aromatic N) is 1. The third-order valence-electron chi connectivity index (χ3n) is 6.14. The van der Waals surface area contributed by atoms with Crippen LogP contribution in [0, 0.1) is 5.92 Å². The summed E-state index contributed by atoms with van der Waals surface area (Å²) in [4.78, 5) is 18.4. The number of allylic oxidation sites excluding steroid dienone is 1. The Morgan fingerprint density at radius 3 is 2.81 bits per heavy atom. The van der Waals surface area contributed by atoms with Crippen LogP contribution < -0.4 is 9.47 Å². The number of hydrogen-bond donors (Lipinski definition) is 1. The Balaban J connectivity index is 1.62. The molecule has 1 aromatic heterocycles. The number of thioether (sulfide) groups is 1. The third-order valence-corrected chi connectivity index (χ3v) is 7.27. The Kier molecular flexibility index (Phi) is 6.51. The van der Waals surface area contributed by atoms with E-state index in [1.807, 2.05) is 11.8 Å². The summed E-state index contributed by atoms with van der Waals surface area (Å²) in [7, 11) is 3.40. The summed E-state index contributed by atoms with van der Waals surface area (Å²) in [6.45, 7) is 5.40. The van der Waals surface area contributed by atoms with Crippen molar-refractivity contribution in [3.63, 3.8) is 0 Å². The first-order valence-electron chi connectivity index (χ1n) is 10.7. The molecule has 1 amide bonds. The number of methoxy groups -OCH3 is 2. The number of rotatable bonds is 8. The van der Waals surface area contributed by atoms with Crippen LogP contribution in [-0.4, -0.2) is 49.4 Å². The predicted octanol–water partition coefficient (Wildman–Crippen LogP) is 4.45. The number of carbonyl (C=O) groups excluding carboxylic acids is 1. The maximum atomic E-state index is 11.9. The van der Waals surface area contributed by atoms with Crippen LogP contribution in [-0.2, 0) is 22.4 Å². The Morgan fingerprint density at radius 1 is 1.26 bits per heavy atom. The molecule has 1 aromatic carbocycles. The zero-order valence-electron chi connectivity index (χ0n) is 18.6. The maximum absolute atomic E-state index is 11.9. The monoisotopic (exact) mass is 442 g/mol. The molecule has 31 heavy (non-hydrogen) atoms. The van der Waals surface area contributed by atoms with Crippen LogP contribution in [0.25, 0.3) is 6.08 Å². The number of H-pyrrole nitrogens is 1. The van der Waals surface area contributed by atoms with Gasteiger partial charge < -0.3 is 24.1 Å². The normalized spacial score (nSPS) is 19.9. The average molecular weight is 443 g/mol. The first-order valence-corrected chi connectivity index (χ1v) is 11.7. The zero-order valence-corrected chi connectivity index (χ0v) is 19.4. The highest BCUT2D eigenvalue weighted by Crippen LogP contribution is 2.41. The lowest BCUT2D eigenvalue weighted by Crippen LogP contribution is -2.35. The van der Waals surface area contributed by atoms with Crippen LogP contribution in [0.1, 0.15) is 42.3 Å². The number of fused-ring (bicyclic) bond motifs is 2. The maximum Gasteiger partial charge on any atom is 0.210 e. The Morgan fingerprint density at radius 2 is 2.10 bits per heavy atom. The Hall–Kier alpha value is -2.54. The second-order valence-electron chi connectivity index (χ2n) is 7.96. The number of benzene rings is 1. The van der Waals surface area contributed by atoms with Gasteiger partial charge in [-0.15, -0.1) is 11.8 Å². The fourth-order valence-electron chi connectivity index (χ4n) is 4.49. The first kappa shape index (κ1) is 21.7. The SMILES string of the molecule is CCOc1cc2c(cc1OC)CCN(C=O)[C@@H]2CSc1c[nH]c2c1C=C(OC)C(C)C2. The number of aromatic amines is 1. The summed E-state index contributed by atoms with van der Waals surface area (Å²) >= 11 is 1.77. The summed E-state index contributed by atoms with van der Waals surface area (Å²) in [5, 5.41) is 0. The standard InChI is InChI=1S/C24H30N2O4S/c1-5-30-23-10-17-16(9-22(23)29-4)6-7-26(14-27)20(17)13-31-24-12-25-19-8-15(2)21(28-3)11-18(19)24/h9-12,14-15,20,25H,5-8,13H2,1-4H3/t15?,20-/m1/s1. The molecule has 2 aliphatic rings. The third kappa shape index (κ3) is 4.15. The largest absolute Gasteiger partial charge is 0.501 e. The van der Waals surface area contributed by atoms with Gasteiger partial charge in [-0.25, -0.2) is 0 Å². The summed E-state index contributed by atoms with van der Waals surface area (Å²) in [6.07, 6.45) is 6.95. The van der Waals surface area contributed by atoms with Gasteiger partial charge in [0.15, 0.2) is 11.5 Å². The van der Waals surface area contributed by atoms with Crippen LogP contribution in [0.15, 0.2) is 29.0 Å². The fraction of sp³-hybridized carbons (Fsp3) is 0.458. The molecular weight excluding hydrogens is 412 g/mol. The molecule has 6 nitrogen and oxygen atoms in total. The molecule has 0 radical (unpaired) electrons. The van der Waals surface area contributed by atoms with Crippen molar-refractivity contribution in [2.75, 3.05) is 33.1 Å². The van der Waals surface area contributed by atoms with Crippen molar-refractivity contribution < 1.29 is 19.0 Å². The highest BCUT2D eigenvalue weighted by molar-refractivity contribution is 7.99. The minimum Gasteiger partial charge on any atom is -0.501 e. The molecule has 4 rings (SSSR count). The lowest BCUT2D eigenvalue weighted by molar-refractivity contribution is -0.120. The quantitative estimate of drug-likeness (QED) is 0.483. The summed E-state index contributed by atoms with van der Waals surface area (Å²) in [6, 6.07) is 4.10. The smallest absolute Gasteiger partial charge is 0.210 e. The molecule has 2 aromatic rings. The van der Waals surface area contributed by atoms with E-state index >= 15 is 0 Å². The lowest BCUT2D eigenvalue weighted by Gasteiger charge is -2.35. The van der Waals surface area contributed by atoms with Gasteiger partial charge in [0.2, 0.25) is 6.41 Å². The number of ether oxygens (including phenoxy) is 3. The molecule has 0 saturated heterocycles. The van der Waals surface area contributed by atoms with Gasteiger partial charge in [-0.3, -0.25) is 4.79 Å². The van der Waals surface area contributed by atoms with Crippen LogP contribution >= 0.6 is 11.8 Å². The van der Waals surface area contributed by atoms with Crippen molar-refractivity contribution in [1.29, 1.82) is 0 Å². The van der Waals surface area contributed by atoms with Gasteiger partial charge in [-0.2, -0.15) is 0 Å². The Labute approximate surface area is 187 Å². The molecule has 1 aliphatic heterocycles. The van der Waals surface area contributed by atoms with Crippen molar-refractivity contribution >= 4 is 24.2 Å². The molecule has 1 aliphatic carbocycles. The molecular formula is C24H30N2O4S. The van der Waals surface area contributed by atoms with E-state index in [1.165, 1.54) is 21.7 Å². The van der Waals surface area contributed by atoms with Gasteiger partial charge in [-0.1, -0.05) is 6.92 Å². The van der Waals surface area contributed by atoms with E-state index in [4.69, 9.17) is 14.2 Å². The molecule has 2 atom stereocenters. The second-order valence-corrected chi connectivity index (χ2v) is 9.02. The van der Waals surface area contributed by atoms with Crippen molar-refractivity contribution in [3.8, 4) is 11.5 Å². The highest BCUT2D eigenvalue weighted by Gasteiger charge is 2.29. The molecule has 166 valence electrons. The van der Waals surface area contributed by atoms with Gasteiger partial charge in [-0.05, 0) is 49.1 Å². The van der Waals surface area contributed by atoms with Crippen molar-refractivity contribution in [1.82, 2.24) is 9.88 Å². The topological polar surface area (TPSA) is 63.8 Å². The average Bonchev–Trinajstić information content (AvgIpc) is 3.17. The predicted molar refractivity (Wildman–Crippen MR) is 123 cm³/mol. The molecule has 0 saturated carbocycles. The number of hydrogen-bond acceptors (Lipinski definition) is 5. The fourth-order valence-corrected chi connectivity index (χ4v) is 5.68. The van der Waals surface area contributed by atoms with Crippen molar-refractivity contribution in [3.05, 3.63) is 46.5 Å². The molecule has 7 heteroatoms. The van der Waals surface area contributed by atoms with Gasteiger partial charge in [0.25, 0.3) is 0 Å². The summed E-state index contributed by atoms with van der Waals surface area (Å²) in [5.74, 6) is 3.63. The van der Waals surface area contributed by atoms with Gasteiger partial charge in [0, 0.05) is 40.6 Å². The minimum absolute atomic E-state index is 0.0182. The van der Waals surface area contributed by atoms with Crippen LogP contribution in [0.2, 0.25) is 0 Å². The molecule has 0 bridgehead atoms. The first-order chi connectivity index (χ1) is 15.1. The van der Waals surface area contributed by atoms with E-state index < -0.39 is 0 Å². The second kappa shape index (κ2) is 9.30. The highest BCUT2D eigenvalue weighted by atomic mass is 32.2. The van der Waals surface area contributed by atoms with E-state index in [1.54, 1.807) is 26.0 Å². The summed E-state index contributed by atoms with van der Waals surface area (Å²) in [5.41, 5.74) is 4.81. The van der Waals surface area contributed by atoms with E-state index in [-0.39, 0.29) is 6.04 Å². The van der Waals surface area contributed by atoms with Crippen LogP contribution in [0.5, 0.6) is 11.5 Å². The van der Waals surface area contributed by atoms with Crippen molar-refractivity contribution in [2.45, 2.75) is 37.6 Å². The van der Waals surface area contributed by atoms with Gasteiger partial charge in [0.1, 0.15) is 0 Å². The molecule has 0 spiro atoms. The van der Waals surface area contributed by atoms with Crippen LogP contribution in [0.3, 0.4) is 0 Å². The number of aromatic nitrogens is 1. The lowest BCUT2D eigenvalue weighted by atomic mass is 9.93.